The van der Waals surface area contributed by atoms with Crippen LogP contribution in [0.1, 0.15) is 0 Å². The number of aromatic nitrogens is 4. The molecule has 298 valence electrons. The summed E-state index contributed by atoms with van der Waals surface area (Å²) in [5, 5.41) is 8.01. The summed E-state index contributed by atoms with van der Waals surface area (Å²) in [4.78, 5) is 15.7. The molecule has 0 aliphatic heterocycles. The third kappa shape index (κ3) is 5.83. The maximum absolute atomic E-state index is 6.39. The van der Waals surface area contributed by atoms with Crippen LogP contribution in [0.25, 0.3) is 127 Å². The summed E-state index contributed by atoms with van der Waals surface area (Å²) in [5.41, 5.74) is 15.0. The van der Waals surface area contributed by atoms with E-state index in [0.29, 0.717) is 5.82 Å². The third-order valence-electron chi connectivity index (χ3n) is 12.6. The van der Waals surface area contributed by atoms with Gasteiger partial charge < -0.3 is 8.98 Å². The molecule has 5 nitrogen and oxygen atoms in total. The van der Waals surface area contributed by atoms with Crippen LogP contribution >= 0.6 is 0 Å². The first-order valence-electron chi connectivity index (χ1n) is 21.6. The maximum Gasteiger partial charge on any atom is 0.160 e. The largest absolute Gasteiger partial charge is 0.455 e. The van der Waals surface area contributed by atoms with Crippen LogP contribution in [0.5, 0.6) is 0 Å². The van der Waals surface area contributed by atoms with Gasteiger partial charge in [0.25, 0.3) is 0 Å². The van der Waals surface area contributed by atoms with E-state index in [2.05, 4.69) is 193 Å². The van der Waals surface area contributed by atoms with Gasteiger partial charge in [-0.1, -0.05) is 176 Å². The van der Waals surface area contributed by atoms with Gasteiger partial charge in [0.05, 0.1) is 33.6 Å². The first-order chi connectivity index (χ1) is 31.7. The zero-order valence-electron chi connectivity index (χ0n) is 34.5. The van der Waals surface area contributed by atoms with Crippen molar-refractivity contribution in [1.29, 1.82) is 0 Å². The molecule has 0 saturated heterocycles. The summed E-state index contributed by atoms with van der Waals surface area (Å²) < 4.78 is 8.80. The number of hydrogen-bond donors (Lipinski definition) is 0. The lowest BCUT2D eigenvalue weighted by Gasteiger charge is -2.14. The number of hydrogen-bond acceptors (Lipinski definition) is 4. The fourth-order valence-corrected chi connectivity index (χ4v) is 9.53. The Kier molecular flexibility index (Phi) is 8.15. The molecule has 13 aromatic rings. The fourth-order valence-electron chi connectivity index (χ4n) is 9.53. The summed E-state index contributed by atoms with van der Waals surface area (Å²) in [6.45, 7) is 0. The molecule has 0 bridgehead atoms. The van der Waals surface area contributed by atoms with Gasteiger partial charge in [0.1, 0.15) is 11.2 Å². The zero-order chi connectivity index (χ0) is 42.1. The minimum absolute atomic E-state index is 0.676. The van der Waals surface area contributed by atoms with Crippen molar-refractivity contribution in [3.63, 3.8) is 0 Å². The molecule has 0 saturated carbocycles. The van der Waals surface area contributed by atoms with E-state index >= 15 is 0 Å². The molecule has 0 N–H and O–H groups in total. The summed E-state index contributed by atoms with van der Waals surface area (Å²) in [6.07, 6.45) is 0. The molecule has 9 aromatic carbocycles. The van der Waals surface area contributed by atoms with Gasteiger partial charge in [0.15, 0.2) is 5.82 Å². The minimum atomic E-state index is 0.676. The van der Waals surface area contributed by atoms with E-state index in [-0.39, 0.29) is 0 Å². The van der Waals surface area contributed by atoms with Crippen LogP contribution in [0.3, 0.4) is 0 Å². The van der Waals surface area contributed by atoms with Crippen molar-refractivity contribution in [3.8, 4) is 62.0 Å². The summed E-state index contributed by atoms with van der Waals surface area (Å²) in [6, 6.07) is 76.6. The molecule has 64 heavy (non-hydrogen) atoms. The molecule has 0 aliphatic rings. The van der Waals surface area contributed by atoms with Crippen LogP contribution in [0.2, 0.25) is 0 Å². The highest BCUT2D eigenvalue weighted by Crippen LogP contribution is 2.43. The Hall–Kier alpha value is -8.67. The fraction of sp³-hybridized carbons (Fsp3) is 0. The van der Waals surface area contributed by atoms with Crippen LogP contribution in [0.4, 0.5) is 0 Å². The van der Waals surface area contributed by atoms with Crippen molar-refractivity contribution in [1.82, 2.24) is 19.5 Å². The van der Waals surface area contributed by atoms with E-state index < -0.39 is 0 Å². The molecule has 0 spiro atoms. The van der Waals surface area contributed by atoms with Crippen molar-refractivity contribution in [2.24, 2.45) is 0 Å². The lowest BCUT2D eigenvalue weighted by Crippen LogP contribution is -1.98. The van der Waals surface area contributed by atoms with E-state index in [1.165, 1.54) is 10.8 Å². The van der Waals surface area contributed by atoms with Gasteiger partial charge in [-0.3, -0.25) is 0 Å². The summed E-state index contributed by atoms with van der Waals surface area (Å²) in [7, 11) is 0. The average Bonchev–Trinajstić information content (AvgIpc) is 3.93. The topological polar surface area (TPSA) is 56.7 Å². The quantitative estimate of drug-likeness (QED) is 0.157. The molecule has 0 radical (unpaired) electrons. The smallest absolute Gasteiger partial charge is 0.160 e. The van der Waals surface area contributed by atoms with Crippen LogP contribution in [0.15, 0.2) is 223 Å². The second-order valence-corrected chi connectivity index (χ2v) is 16.4. The van der Waals surface area contributed by atoms with Gasteiger partial charge in [0.2, 0.25) is 0 Å². The lowest BCUT2D eigenvalue weighted by atomic mass is 9.99. The van der Waals surface area contributed by atoms with E-state index in [1.807, 2.05) is 30.3 Å². The highest BCUT2D eigenvalue weighted by atomic mass is 16.3. The van der Waals surface area contributed by atoms with Crippen molar-refractivity contribution in [2.75, 3.05) is 0 Å². The Labute approximate surface area is 368 Å². The SMILES string of the molecule is c1ccc(-c2nc(-c3ccc(-c4cccc5c4oc4ccccc45)cc3)cc(-c3ccc(-n4c5ccccc5c5c(-c6ccccc6)nc6cc7ccccc7cc6c54)cc3)n2)cc1. The zero-order valence-corrected chi connectivity index (χ0v) is 34.5. The Balaban J connectivity index is 0.953. The van der Waals surface area contributed by atoms with Gasteiger partial charge in [-0.15, -0.1) is 0 Å². The Morgan fingerprint density at radius 1 is 0.391 bits per heavy atom. The Bertz CT molecular complexity index is 3930. The Morgan fingerprint density at radius 3 is 1.73 bits per heavy atom. The standard InChI is InChI=1S/C59H36N4O/c1-3-14-40(15-4-1)56-55-48-21-9-11-24-53(48)63(57(55)49-34-42-18-7-8-19-43(42)35-52(49)60-56)44-32-30-39(31-33-44)51-36-50(61-59(62-51)41-16-5-2-6-17-41)38-28-26-37(27-29-38)45-22-13-23-47-46-20-10-12-25-54(46)64-58(45)47/h1-36H. The van der Waals surface area contributed by atoms with E-state index in [9.17, 15) is 0 Å². The first-order valence-corrected chi connectivity index (χ1v) is 21.6. The van der Waals surface area contributed by atoms with Crippen molar-refractivity contribution in [2.45, 2.75) is 0 Å². The summed E-state index contributed by atoms with van der Waals surface area (Å²) >= 11 is 0. The highest BCUT2D eigenvalue weighted by Gasteiger charge is 2.21. The molecular formula is C59H36N4O. The maximum atomic E-state index is 6.39. The predicted octanol–water partition coefficient (Wildman–Crippen LogP) is 15.5. The number of furan rings is 1. The Morgan fingerprint density at radius 2 is 0.984 bits per heavy atom. The van der Waals surface area contributed by atoms with Crippen molar-refractivity contribution >= 4 is 65.4 Å². The van der Waals surface area contributed by atoms with Crippen LogP contribution in [-0.4, -0.2) is 19.5 Å². The lowest BCUT2D eigenvalue weighted by molar-refractivity contribution is 0.670. The number of pyridine rings is 1. The molecule has 0 aliphatic carbocycles. The molecule has 4 heterocycles. The first kappa shape index (κ1) is 36.0. The molecule has 0 fully saturated rings. The van der Waals surface area contributed by atoms with E-state index in [4.69, 9.17) is 19.4 Å². The van der Waals surface area contributed by atoms with E-state index in [0.717, 1.165) is 111 Å². The number of benzene rings is 9. The highest BCUT2D eigenvalue weighted by molar-refractivity contribution is 6.23. The van der Waals surface area contributed by atoms with Crippen LogP contribution in [-0.2, 0) is 0 Å². The molecular weight excluding hydrogens is 781 g/mol. The van der Waals surface area contributed by atoms with Gasteiger partial charge in [-0.25, -0.2) is 15.0 Å². The molecule has 0 amide bonds. The number of nitrogens with zero attached hydrogens (tertiary/aromatic N) is 4. The van der Waals surface area contributed by atoms with Crippen LogP contribution < -0.4 is 0 Å². The molecule has 13 rings (SSSR count). The number of rotatable bonds is 6. The summed E-state index contributed by atoms with van der Waals surface area (Å²) in [5.74, 6) is 0.676. The number of fused-ring (bicyclic) bond motifs is 9. The molecule has 4 aromatic heterocycles. The second kappa shape index (κ2) is 14.5. The third-order valence-corrected chi connectivity index (χ3v) is 12.6. The van der Waals surface area contributed by atoms with Crippen molar-refractivity contribution in [3.05, 3.63) is 218 Å². The molecule has 0 unspecified atom stereocenters. The van der Waals surface area contributed by atoms with Crippen LogP contribution in [0, 0.1) is 0 Å². The number of para-hydroxylation sites is 3. The minimum Gasteiger partial charge on any atom is -0.455 e. The average molecular weight is 817 g/mol. The second-order valence-electron chi connectivity index (χ2n) is 16.4. The van der Waals surface area contributed by atoms with Gasteiger partial charge in [-0.2, -0.15) is 0 Å². The van der Waals surface area contributed by atoms with Gasteiger partial charge in [0, 0.05) is 60.4 Å². The van der Waals surface area contributed by atoms with Gasteiger partial charge >= 0.3 is 0 Å². The predicted molar refractivity (Wildman–Crippen MR) is 264 cm³/mol. The normalized spacial score (nSPS) is 11.8. The van der Waals surface area contributed by atoms with Gasteiger partial charge in [-0.05, 0) is 58.8 Å². The van der Waals surface area contributed by atoms with E-state index in [1.54, 1.807) is 0 Å². The van der Waals surface area contributed by atoms with Crippen molar-refractivity contribution < 1.29 is 4.42 Å². The molecule has 0 atom stereocenters. The monoisotopic (exact) mass is 816 g/mol. The molecule has 5 heteroatoms.